The second-order valence-electron chi connectivity index (χ2n) is 6.21. The van der Waals surface area contributed by atoms with Crippen molar-refractivity contribution in [3.05, 3.63) is 35.1 Å². The summed E-state index contributed by atoms with van der Waals surface area (Å²) >= 11 is 0. The summed E-state index contributed by atoms with van der Waals surface area (Å²) in [5, 5.41) is 0. The van der Waals surface area contributed by atoms with Crippen molar-refractivity contribution in [1.82, 2.24) is 4.98 Å². The van der Waals surface area contributed by atoms with E-state index in [1.807, 2.05) is 58.9 Å². The fourth-order valence-corrected chi connectivity index (χ4v) is 2.03. The molecule has 0 aromatic carbocycles. The molecule has 4 nitrogen and oxygen atoms in total. The van der Waals surface area contributed by atoms with E-state index < -0.39 is 0 Å². The summed E-state index contributed by atoms with van der Waals surface area (Å²) < 4.78 is 11.9. The van der Waals surface area contributed by atoms with Crippen LogP contribution in [0, 0.1) is 6.92 Å². The summed E-state index contributed by atoms with van der Waals surface area (Å²) in [6.07, 6.45) is 3.80. The first-order valence-corrected chi connectivity index (χ1v) is 6.94. The van der Waals surface area contributed by atoms with Crippen LogP contribution in [-0.2, 0) is 15.9 Å². The topological polar surface area (TPSA) is 57.4 Å². The Morgan fingerprint density at radius 3 is 2.40 bits per heavy atom. The molecule has 0 radical (unpaired) electrons. The molecule has 1 aliphatic rings. The van der Waals surface area contributed by atoms with Crippen molar-refractivity contribution in [2.75, 3.05) is 0 Å². The predicted octanol–water partition coefficient (Wildman–Crippen LogP) is 2.49. The van der Waals surface area contributed by atoms with Crippen LogP contribution >= 0.6 is 0 Å². The summed E-state index contributed by atoms with van der Waals surface area (Å²) in [7, 11) is -0.332. The fraction of sp³-hybridized carbons (Fsp3) is 0.533. The Balaban J connectivity index is 2.15. The highest BCUT2D eigenvalue weighted by molar-refractivity contribution is 6.52. The zero-order valence-corrected chi connectivity index (χ0v) is 12.9. The van der Waals surface area contributed by atoms with Crippen molar-refractivity contribution in [2.45, 2.75) is 52.4 Å². The van der Waals surface area contributed by atoms with Crippen LogP contribution in [0.3, 0.4) is 0 Å². The van der Waals surface area contributed by atoms with Crippen molar-refractivity contribution < 1.29 is 9.31 Å². The standard InChI is InChI=1S/C15H23BN2O2/c1-11-13(8-12(9-17)10-18-11)6-7-16-19-14(2,3)15(4,5)20-16/h6-8,10H,9,17H2,1-5H3/b7-6+. The first-order valence-electron chi connectivity index (χ1n) is 6.94. The van der Waals surface area contributed by atoms with Crippen LogP contribution in [-0.4, -0.2) is 23.3 Å². The van der Waals surface area contributed by atoms with E-state index in [4.69, 9.17) is 15.0 Å². The van der Waals surface area contributed by atoms with E-state index in [2.05, 4.69) is 4.98 Å². The lowest BCUT2D eigenvalue weighted by Crippen LogP contribution is -2.41. The molecule has 1 fully saturated rings. The SMILES string of the molecule is Cc1ncc(CN)cc1/C=C/B1OC(C)(C)C(C)(C)O1. The van der Waals surface area contributed by atoms with Gasteiger partial charge in [-0.05, 0) is 51.8 Å². The van der Waals surface area contributed by atoms with E-state index in [9.17, 15) is 0 Å². The lowest BCUT2D eigenvalue weighted by molar-refractivity contribution is 0.00578. The molecule has 1 saturated heterocycles. The molecule has 108 valence electrons. The van der Waals surface area contributed by atoms with Gasteiger partial charge in [0, 0.05) is 18.4 Å². The normalized spacial score (nSPS) is 20.8. The van der Waals surface area contributed by atoms with Crippen molar-refractivity contribution in [3.63, 3.8) is 0 Å². The van der Waals surface area contributed by atoms with E-state index in [0.717, 1.165) is 16.8 Å². The molecule has 2 heterocycles. The van der Waals surface area contributed by atoms with Gasteiger partial charge in [-0.1, -0.05) is 12.1 Å². The molecule has 0 spiro atoms. The molecule has 0 amide bonds. The Kier molecular flexibility index (Phi) is 4.05. The molecule has 2 rings (SSSR count). The highest BCUT2D eigenvalue weighted by Crippen LogP contribution is 2.37. The van der Waals surface area contributed by atoms with Gasteiger partial charge in [-0.25, -0.2) is 0 Å². The van der Waals surface area contributed by atoms with Crippen molar-refractivity contribution in [1.29, 1.82) is 0 Å². The van der Waals surface area contributed by atoms with E-state index in [1.165, 1.54) is 0 Å². The molecule has 1 aromatic rings. The summed E-state index contributed by atoms with van der Waals surface area (Å²) in [4.78, 5) is 4.34. The van der Waals surface area contributed by atoms with Gasteiger partial charge in [-0.3, -0.25) is 4.98 Å². The quantitative estimate of drug-likeness (QED) is 0.860. The second-order valence-corrected chi connectivity index (χ2v) is 6.21. The van der Waals surface area contributed by atoms with E-state index >= 15 is 0 Å². The third kappa shape index (κ3) is 2.95. The van der Waals surface area contributed by atoms with E-state index in [0.29, 0.717) is 6.54 Å². The van der Waals surface area contributed by atoms with Crippen molar-refractivity contribution in [2.24, 2.45) is 5.73 Å². The van der Waals surface area contributed by atoms with Crippen LogP contribution in [0.4, 0.5) is 0 Å². The second kappa shape index (κ2) is 5.32. The molecule has 20 heavy (non-hydrogen) atoms. The molecule has 1 aromatic heterocycles. The van der Waals surface area contributed by atoms with E-state index in [-0.39, 0.29) is 18.3 Å². The van der Waals surface area contributed by atoms with Gasteiger partial charge in [0.05, 0.1) is 11.2 Å². The Labute approximate surface area is 121 Å². The van der Waals surface area contributed by atoms with Crippen LogP contribution in [0.1, 0.15) is 44.5 Å². The third-order valence-corrected chi connectivity index (χ3v) is 4.12. The number of nitrogens with two attached hydrogens (primary N) is 1. The molecule has 5 heteroatoms. The maximum absolute atomic E-state index is 5.93. The largest absolute Gasteiger partial charge is 0.487 e. The zero-order valence-electron chi connectivity index (χ0n) is 12.9. The zero-order chi connectivity index (χ0) is 15.0. The molecule has 1 aliphatic heterocycles. The van der Waals surface area contributed by atoms with Gasteiger partial charge in [0.2, 0.25) is 0 Å². The Hall–Kier alpha value is -1.17. The first-order chi connectivity index (χ1) is 9.25. The van der Waals surface area contributed by atoms with Gasteiger partial charge in [0.1, 0.15) is 0 Å². The summed E-state index contributed by atoms with van der Waals surface area (Å²) in [6, 6.07) is 2.05. The Bertz CT molecular complexity index is 511. The Morgan fingerprint density at radius 1 is 1.25 bits per heavy atom. The minimum Gasteiger partial charge on any atom is -0.400 e. The average Bonchev–Trinajstić information content (AvgIpc) is 2.57. The number of rotatable bonds is 3. The summed E-state index contributed by atoms with van der Waals surface area (Å²) in [5.74, 6) is 1.93. The fourth-order valence-electron chi connectivity index (χ4n) is 2.03. The van der Waals surface area contributed by atoms with Crippen LogP contribution in [0.15, 0.2) is 18.2 Å². The number of aromatic nitrogens is 1. The summed E-state index contributed by atoms with van der Waals surface area (Å²) in [5.41, 5.74) is 8.05. The number of hydrogen-bond donors (Lipinski definition) is 1. The molecule has 2 N–H and O–H groups in total. The van der Waals surface area contributed by atoms with Crippen molar-refractivity contribution in [3.8, 4) is 0 Å². The van der Waals surface area contributed by atoms with Crippen LogP contribution in [0.5, 0.6) is 0 Å². The summed E-state index contributed by atoms with van der Waals surface area (Å²) in [6.45, 7) is 10.6. The van der Waals surface area contributed by atoms with Gasteiger partial charge < -0.3 is 15.0 Å². The van der Waals surface area contributed by atoms with E-state index in [1.54, 1.807) is 0 Å². The lowest BCUT2D eigenvalue weighted by Gasteiger charge is -2.32. The number of nitrogens with zero attached hydrogens (tertiary/aromatic N) is 1. The molecule has 0 atom stereocenters. The number of hydrogen-bond acceptors (Lipinski definition) is 4. The van der Waals surface area contributed by atoms with Crippen molar-refractivity contribution >= 4 is 13.2 Å². The average molecular weight is 274 g/mol. The van der Waals surface area contributed by atoms with Crippen LogP contribution in [0.2, 0.25) is 0 Å². The van der Waals surface area contributed by atoms with Gasteiger partial charge in [0.15, 0.2) is 0 Å². The number of pyridine rings is 1. The first kappa shape index (κ1) is 15.2. The molecule has 0 aliphatic carbocycles. The smallest absolute Gasteiger partial charge is 0.400 e. The monoisotopic (exact) mass is 274 g/mol. The lowest BCUT2D eigenvalue weighted by atomic mass is 9.89. The van der Waals surface area contributed by atoms with Gasteiger partial charge in [-0.2, -0.15) is 0 Å². The molecular weight excluding hydrogens is 251 g/mol. The minimum absolute atomic E-state index is 0.311. The highest BCUT2D eigenvalue weighted by atomic mass is 16.7. The third-order valence-electron chi connectivity index (χ3n) is 4.12. The maximum Gasteiger partial charge on any atom is 0.487 e. The highest BCUT2D eigenvalue weighted by Gasteiger charge is 2.49. The molecule has 0 unspecified atom stereocenters. The van der Waals surface area contributed by atoms with Gasteiger partial charge >= 0.3 is 7.12 Å². The minimum atomic E-state index is -0.332. The predicted molar refractivity (Wildman–Crippen MR) is 82.0 cm³/mol. The molecule has 0 saturated carbocycles. The van der Waals surface area contributed by atoms with Gasteiger partial charge in [0.25, 0.3) is 0 Å². The number of aryl methyl sites for hydroxylation is 1. The Morgan fingerprint density at radius 2 is 1.85 bits per heavy atom. The van der Waals surface area contributed by atoms with Crippen LogP contribution < -0.4 is 5.73 Å². The van der Waals surface area contributed by atoms with Crippen LogP contribution in [0.25, 0.3) is 6.08 Å². The molecule has 0 bridgehead atoms. The maximum atomic E-state index is 5.93. The molecular formula is C15H23BN2O2. The van der Waals surface area contributed by atoms with Gasteiger partial charge in [-0.15, -0.1) is 0 Å².